The van der Waals surface area contributed by atoms with Crippen LogP contribution in [0.4, 0.5) is 4.39 Å². The van der Waals surface area contributed by atoms with E-state index in [1.54, 1.807) is 0 Å². The molecule has 0 radical (unpaired) electrons. The van der Waals surface area contributed by atoms with Crippen LogP contribution in [0.15, 0.2) is 0 Å². The van der Waals surface area contributed by atoms with Crippen LogP contribution in [0.5, 0.6) is 0 Å². The topological polar surface area (TPSA) is 12.0 Å². The first kappa shape index (κ1) is 6.57. The van der Waals surface area contributed by atoms with Crippen molar-refractivity contribution in [3.63, 3.8) is 0 Å². The fourth-order valence-electron chi connectivity index (χ4n) is 0.992. The van der Waals surface area contributed by atoms with Crippen LogP contribution in [-0.4, -0.2) is 18.8 Å². The van der Waals surface area contributed by atoms with Gasteiger partial charge in [-0.15, -0.1) is 6.42 Å². The van der Waals surface area contributed by atoms with E-state index in [9.17, 15) is 4.39 Å². The van der Waals surface area contributed by atoms with Gasteiger partial charge in [0, 0.05) is 6.54 Å². The Morgan fingerprint density at radius 1 is 1.67 bits per heavy atom. The molecule has 9 heavy (non-hydrogen) atoms. The van der Waals surface area contributed by atoms with Gasteiger partial charge in [-0.05, 0) is 19.4 Å². The third-order valence-electron chi connectivity index (χ3n) is 1.59. The molecule has 1 nitrogen and oxygen atoms in total. The molecule has 1 fully saturated rings. The van der Waals surface area contributed by atoms with E-state index in [0.717, 1.165) is 13.0 Å². The van der Waals surface area contributed by atoms with Crippen LogP contribution in [0.25, 0.3) is 0 Å². The summed E-state index contributed by atoms with van der Waals surface area (Å²) >= 11 is 0. The predicted molar refractivity (Wildman–Crippen MR) is 34.8 cm³/mol. The van der Waals surface area contributed by atoms with Crippen molar-refractivity contribution in [2.24, 2.45) is 0 Å². The summed E-state index contributed by atoms with van der Waals surface area (Å²) in [7, 11) is 0. The van der Waals surface area contributed by atoms with E-state index in [2.05, 4.69) is 11.2 Å². The summed E-state index contributed by atoms with van der Waals surface area (Å²) in [5, 5.41) is 2.91. The molecule has 2 heteroatoms. The molecular formula is C7H10FN. The molecule has 1 heterocycles. The Labute approximate surface area is 54.6 Å². The standard InChI is InChI=1S/C7H10FN/c1-2-7(8)4-3-5-9-6-7/h1,9H,3-6H2. The Balaban J connectivity index is 2.49. The van der Waals surface area contributed by atoms with E-state index in [-0.39, 0.29) is 0 Å². The maximum atomic E-state index is 13.0. The Morgan fingerprint density at radius 3 is 2.78 bits per heavy atom. The van der Waals surface area contributed by atoms with E-state index in [1.807, 2.05) is 0 Å². The van der Waals surface area contributed by atoms with Gasteiger partial charge in [0.2, 0.25) is 0 Å². The first-order chi connectivity index (χ1) is 4.27. The van der Waals surface area contributed by atoms with Crippen molar-refractivity contribution in [1.82, 2.24) is 5.32 Å². The van der Waals surface area contributed by atoms with E-state index in [0.29, 0.717) is 13.0 Å². The zero-order valence-corrected chi connectivity index (χ0v) is 5.28. The first-order valence-corrected chi connectivity index (χ1v) is 3.14. The van der Waals surface area contributed by atoms with Crippen molar-refractivity contribution >= 4 is 0 Å². The first-order valence-electron chi connectivity index (χ1n) is 3.14. The Hall–Kier alpha value is -0.550. The number of alkyl halides is 1. The lowest BCUT2D eigenvalue weighted by atomic mass is 9.97. The summed E-state index contributed by atoms with van der Waals surface area (Å²) < 4.78 is 13.0. The molecule has 0 bridgehead atoms. The smallest absolute Gasteiger partial charge is 0.182 e. The lowest BCUT2D eigenvalue weighted by molar-refractivity contribution is 0.190. The molecule has 1 saturated heterocycles. The minimum absolute atomic E-state index is 0.323. The summed E-state index contributed by atoms with van der Waals surface area (Å²) in [5.41, 5.74) is -1.36. The lowest BCUT2D eigenvalue weighted by Crippen LogP contribution is -2.40. The average Bonchev–Trinajstić information content (AvgIpc) is 1.90. The molecule has 1 aliphatic heterocycles. The predicted octanol–water partition coefficient (Wildman–Crippen LogP) is 0.711. The highest BCUT2D eigenvalue weighted by molar-refractivity contribution is 5.10. The molecule has 1 rings (SSSR count). The SMILES string of the molecule is C#CC1(F)CCCNC1. The van der Waals surface area contributed by atoms with Crippen LogP contribution in [0, 0.1) is 12.3 Å². The quantitative estimate of drug-likeness (QED) is 0.472. The monoisotopic (exact) mass is 127 g/mol. The molecule has 1 N–H and O–H groups in total. The summed E-state index contributed by atoms with van der Waals surface area (Å²) in [6.45, 7) is 1.22. The largest absolute Gasteiger partial charge is 0.313 e. The molecule has 50 valence electrons. The molecule has 1 aliphatic rings. The van der Waals surface area contributed by atoms with E-state index >= 15 is 0 Å². The highest BCUT2D eigenvalue weighted by Crippen LogP contribution is 2.18. The number of nitrogens with one attached hydrogen (secondary N) is 1. The molecular weight excluding hydrogens is 117 g/mol. The van der Waals surface area contributed by atoms with Crippen molar-refractivity contribution < 1.29 is 4.39 Å². The third kappa shape index (κ3) is 1.43. The molecule has 0 aromatic rings. The highest BCUT2D eigenvalue weighted by atomic mass is 19.1. The van der Waals surface area contributed by atoms with Crippen molar-refractivity contribution in [2.75, 3.05) is 13.1 Å². The van der Waals surface area contributed by atoms with E-state index in [4.69, 9.17) is 6.42 Å². The minimum atomic E-state index is -1.36. The fraction of sp³-hybridized carbons (Fsp3) is 0.714. The van der Waals surface area contributed by atoms with Crippen molar-refractivity contribution in [2.45, 2.75) is 18.5 Å². The summed E-state index contributed by atoms with van der Waals surface area (Å²) in [5.74, 6) is 2.15. The second kappa shape index (κ2) is 2.36. The van der Waals surface area contributed by atoms with Crippen LogP contribution < -0.4 is 5.32 Å². The molecule has 0 aromatic carbocycles. The number of hydrogen-bond donors (Lipinski definition) is 1. The number of piperidine rings is 1. The molecule has 0 spiro atoms. The van der Waals surface area contributed by atoms with E-state index < -0.39 is 5.67 Å². The van der Waals surface area contributed by atoms with Gasteiger partial charge in [0.1, 0.15) is 0 Å². The van der Waals surface area contributed by atoms with Crippen molar-refractivity contribution in [3.05, 3.63) is 0 Å². The summed E-state index contributed by atoms with van der Waals surface area (Å²) in [4.78, 5) is 0. The van der Waals surface area contributed by atoms with Gasteiger partial charge >= 0.3 is 0 Å². The highest BCUT2D eigenvalue weighted by Gasteiger charge is 2.28. The van der Waals surface area contributed by atoms with Crippen LogP contribution in [-0.2, 0) is 0 Å². The number of rotatable bonds is 0. The third-order valence-corrected chi connectivity index (χ3v) is 1.59. The summed E-state index contributed by atoms with van der Waals surface area (Å²) in [6, 6.07) is 0. The number of terminal acetylenes is 1. The average molecular weight is 127 g/mol. The van der Waals surface area contributed by atoms with Gasteiger partial charge in [-0.3, -0.25) is 0 Å². The van der Waals surface area contributed by atoms with Gasteiger partial charge in [-0.1, -0.05) is 5.92 Å². The normalized spacial score (nSPS) is 35.6. The number of halogens is 1. The molecule has 1 atom stereocenters. The van der Waals surface area contributed by atoms with Gasteiger partial charge in [0.25, 0.3) is 0 Å². The van der Waals surface area contributed by atoms with Gasteiger partial charge in [-0.2, -0.15) is 0 Å². The van der Waals surface area contributed by atoms with Gasteiger partial charge in [0.05, 0.1) is 0 Å². The lowest BCUT2D eigenvalue weighted by Gasteiger charge is -2.24. The maximum absolute atomic E-state index is 13.0. The number of hydrogen-bond acceptors (Lipinski definition) is 1. The van der Waals surface area contributed by atoms with Gasteiger partial charge in [-0.25, -0.2) is 4.39 Å². The van der Waals surface area contributed by atoms with Crippen LogP contribution >= 0.6 is 0 Å². The molecule has 0 amide bonds. The molecule has 0 aromatic heterocycles. The zero-order valence-electron chi connectivity index (χ0n) is 5.28. The van der Waals surface area contributed by atoms with Crippen molar-refractivity contribution in [1.29, 1.82) is 0 Å². The fourth-order valence-corrected chi connectivity index (χ4v) is 0.992. The van der Waals surface area contributed by atoms with Gasteiger partial charge < -0.3 is 5.32 Å². The van der Waals surface area contributed by atoms with Crippen LogP contribution in [0.2, 0.25) is 0 Å². The van der Waals surface area contributed by atoms with Crippen LogP contribution in [0.1, 0.15) is 12.8 Å². The van der Waals surface area contributed by atoms with Crippen LogP contribution in [0.3, 0.4) is 0 Å². The van der Waals surface area contributed by atoms with Crippen molar-refractivity contribution in [3.8, 4) is 12.3 Å². The Bertz CT molecular complexity index is 130. The molecule has 0 saturated carbocycles. The Morgan fingerprint density at radius 2 is 2.44 bits per heavy atom. The maximum Gasteiger partial charge on any atom is 0.182 e. The molecule has 0 aliphatic carbocycles. The zero-order chi connectivity index (χ0) is 6.74. The van der Waals surface area contributed by atoms with E-state index in [1.165, 1.54) is 0 Å². The van der Waals surface area contributed by atoms with Gasteiger partial charge in [0.15, 0.2) is 5.67 Å². The minimum Gasteiger partial charge on any atom is -0.313 e. The Kier molecular flexibility index (Phi) is 1.73. The second-order valence-electron chi connectivity index (χ2n) is 2.39. The molecule has 1 unspecified atom stereocenters. The summed E-state index contributed by atoms with van der Waals surface area (Å²) in [6.07, 6.45) is 6.33. The second-order valence-corrected chi connectivity index (χ2v) is 2.39.